The van der Waals surface area contributed by atoms with Crippen LogP contribution < -0.4 is 10.6 Å². The van der Waals surface area contributed by atoms with Crippen molar-refractivity contribution in [1.82, 2.24) is 20.4 Å². The van der Waals surface area contributed by atoms with E-state index in [9.17, 15) is 4.79 Å². The zero-order valence-electron chi connectivity index (χ0n) is 18.0. The Bertz CT molecular complexity index is 608. The van der Waals surface area contributed by atoms with Crippen molar-refractivity contribution in [2.45, 2.75) is 59.2 Å². The van der Waals surface area contributed by atoms with Gasteiger partial charge in [-0.1, -0.05) is 45.0 Å². The summed E-state index contributed by atoms with van der Waals surface area (Å²) in [5.41, 5.74) is 2.81. The van der Waals surface area contributed by atoms with Crippen molar-refractivity contribution in [2.75, 3.05) is 39.3 Å². The van der Waals surface area contributed by atoms with E-state index in [-0.39, 0.29) is 5.41 Å². The maximum absolute atomic E-state index is 12.4. The number of hydrogen-bond donors (Lipinski definition) is 2. The van der Waals surface area contributed by atoms with Crippen molar-refractivity contribution in [3.63, 3.8) is 0 Å². The molecule has 0 saturated carbocycles. The van der Waals surface area contributed by atoms with Gasteiger partial charge in [-0.3, -0.25) is 9.69 Å². The summed E-state index contributed by atoms with van der Waals surface area (Å²) in [6.07, 6.45) is 2.75. The molecule has 0 bridgehead atoms. The molecule has 5 heteroatoms. The average molecular weight is 387 g/mol. The van der Waals surface area contributed by atoms with Crippen LogP contribution in [0.2, 0.25) is 0 Å². The molecule has 0 atom stereocenters. The van der Waals surface area contributed by atoms with E-state index in [0.29, 0.717) is 18.4 Å². The molecule has 2 aliphatic rings. The zero-order chi connectivity index (χ0) is 20.0. The van der Waals surface area contributed by atoms with Gasteiger partial charge in [-0.2, -0.15) is 0 Å². The fraction of sp³-hybridized carbons (Fsp3) is 0.696. The Labute approximate surface area is 170 Å². The van der Waals surface area contributed by atoms with Gasteiger partial charge in [-0.25, -0.2) is 0 Å². The van der Waals surface area contributed by atoms with E-state index >= 15 is 0 Å². The van der Waals surface area contributed by atoms with Gasteiger partial charge in [0.1, 0.15) is 0 Å². The second-order valence-corrected chi connectivity index (χ2v) is 9.62. The molecular weight excluding hydrogens is 348 g/mol. The highest BCUT2D eigenvalue weighted by molar-refractivity contribution is 5.76. The van der Waals surface area contributed by atoms with Crippen LogP contribution in [0.15, 0.2) is 24.3 Å². The quantitative estimate of drug-likeness (QED) is 0.789. The molecule has 1 aromatic rings. The predicted molar refractivity (Wildman–Crippen MR) is 115 cm³/mol. The number of carbonyl (C=O) groups excluding carboxylic acids is 1. The summed E-state index contributed by atoms with van der Waals surface area (Å²) in [5, 5.41) is 7.09. The zero-order valence-corrected chi connectivity index (χ0v) is 18.0. The first kappa shape index (κ1) is 21.3. The van der Waals surface area contributed by atoms with Crippen LogP contribution >= 0.6 is 0 Å². The van der Waals surface area contributed by atoms with E-state index < -0.39 is 0 Å². The average Bonchev–Trinajstić information content (AvgIpc) is 2.67. The van der Waals surface area contributed by atoms with E-state index in [1.165, 1.54) is 11.1 Å². The number of piperazine rings is 1. The molecule has 3 rings (SSSR count). The Morgan fingerprint density at radius 1 is 1.04 bits per heavy atom. The van der Waals surface area contributed by atoms with Crippen molar-refractivity contribution in [1.29, 1.82) is 0 Å². The smallest absolute Gasteiger partial charge is 0.223 e. The number of hydrogen-bond acceptors (Lipinski definition) is 4. The van der Waals surface area contributed by atoms with Crippen LogP contribution in [0, 0.1) is 5.41 Å². The van der Waals surface area contributed by atoms with Crippen molar-refractivity contribution >= 4 is 5.91 Å². The minimum atomic E-state index is 0.0727. The van der Waals surface area contributed by atoms with E-state index in [4.69, 9.17) is 0 Å². The van der Waals surface area contributed by atoms with Crippen LogP contribution in [0.25, 0.3) is 0 Å². The largest absolute Gasteiger partial charge is 0.343 e. The van der Waals surface area contributed by atoms with Crippen molar-refractivity contribution in [3.05, 3.63) is 35.4 Å². The van der Waals surface area contributed by atoms with E-state index in [0.717, 1.165) is 65.2 Å². The summed E-state index contributed by atoms with van der Waals surface area (Å²) < 4.78 is 0. The van der Waals surface area contributed by atoms with E-state index in [2.05, 4.69) is 60.6 Å². The lowest BCUT2D eigenvalue weighted by molar-refractivity contribution is -0.134. The molecular formula is C23H38N4O. The number of carbonyl (C=O) groups is 1. The standard InChI is InChI=1S/C23H38N4O/c1-23(2,3)16-22(28)27-12-8-21(9-13-27)25-17-19-4-6-20(7-5-19)18-26-14-10-24-11-15-26/h4-7,21,24-25H,8-18H2,1-3H3. The summed E-state index contributed by atoms with van der Waals surface area (Å²) >= 11 is 0. The lowest BCUT2D eigenvalue weighted by Crippen LogP contribution is -2.45. The maximum atomic E-state index is 12.4. The second-order valence-electron chi connectivity index (χ2n) is 9.62. The molecule has 0 aromatic heterocycles. The fourth-order valence-electron chi connectivity index (χ4n) is 4.05. The molecule has 1 aromatic carbocycles. The third-order valence-corrected chi connectivity index (χ3v) is 5.76. The van der Waals surface area contributed by atoms with Gasteiger partial charge in [0.2, 0.25) is 5.91 Å². The molecule has 2 N–H and O–H groups in total. The topological polar surface area (TPSA) is 47.6 Å². The highest BCUT2D eigenvalue weighted by Crippen LogP contribution is 2.21. The summed E-state index contributed by atoms with van der Waals surface area (Å²) in [6.45, 7) is 14.6. The molecule has 0 unspecified atom stereocenters. The SMILES string of the molecule is CC(C)(C)CC(=O)N1CCC(NCc2ccc(CN3CCNCC3)cc2)CC1. The van der Waals surface area contributed by atoms with Crippen molar-refractivity contribution in [3.8, 4) is 0 Å². The van der Waals surface area contributed by atoms with Crippen LogP contribution in [0.1, 0.15) is 51.2 Å². The molecule has 28 heavy (non-hydrogen) atoms. The monoisotopic (exact) mass is 386 g/mol. The molecule has 2 fully saturated rings. The third kappa shape index (κ3) is 6.87. The first-order valence-electron chi connectivity index (χ1n) is 10.9. The minimum Gasteiger partial charge on any atom is -0.343 e. The molecule has 2 aliphatic heterocycles. The minimum absolute atomic E-state index is 0.0727. The number of nitrogens with zero attached hydrogens (tertiary/aromatic N) is 2. The predicted octanol–water partition coefficient (Wildman–Crippen LogP) is 2.61. The van der Waals surface area contributed by atoms with Gasteiger partial charge >= 0.3 is 0 Å². The summed E-state index contributed by atoms with van der Waals surface area (Å²) in [6, 6.07) is 9.57. The summed E-state index contributed by atoms with van der Waals surface area (Å²) in [5.74, 6) is 0.311. The van der Waals surface area contributed by atoms with Crippen molar-refractivity contribution in [2.24, 2.45) is 5.41 Å². The van der Waals surface area contributed by atoms with E-state index in [1.54, 1.807) is 0 Å². The van der Waals surface area contributed by atoms with Gasteiger partial charge in [0.25, 0.3) is 0 Å². The highest BCUT2D eigenvalue weighted by atomic mass is 16.2. The first-order valence-corrected chi connectivity index (χ1v) is 10.9. The number of rotatable bonds is 6. The number of amides is 1. The Balaban J connectivity index is 1.37. The normalized spacial score (nSPS) is 19.8. The molecule has 0 spiro atoms. The number of nitrogens with one attached hydrogen (secondary N) is 2. The Hall–Kier alpha value is -1.43. The van der Waals surface area contributed by atoms with Crippen LogP contribution in [0.4, 0.5) is 0 Å². The summed E-state index contributed by atoms with van der Waals surface area (Å²) in [7, 11) is 0. The fourth-order valence-corrected chi connectivity index (χ4v) is 4.05. The van der Waals surface area contributed by atoms with Gasteiger partial charge in [0.05, 0.1) is 0 Å². The van der Waals surface area contributed by atoms with E-state index in [1.807, 2.05) is 4.90 Å². The van der Waals surface area contributed by atoms with Crippen LogP contribution in [-0.4, -0.2) is 61.0 Å². The lowest BCUT2D eigenvalue weighted by atomic mass is 9.91. The Kier molecular flexibility index (Phi) is 7.49. The summed E-state index contributed by atoms with van der Waals surface area (Å²) in [4.78, 5) is 16.9. The van der Waals surface area contributed by atoms with Crippen molar-refractivity contribution < 1.29 is 4.79 Å². The first-order chi connectivity index (χ1) is 13.4. The van der Waals surface area contributed by atoms with Crippen LogP contribution in [-0.2, 0) is 17.9 Å². The number of piperidine rings is 1. The number of benzene rings is 1. The molecule has 2 saturated heterocycles. The van der Waals surface area contributed by atoms with Gasteiger partial charge in [-0.05, 0) is 29.4 Å². The molecule has 1 amide bonds. The van der Waals surface area contributed by atoms with Crippen LogP contribution in [0.5, 0.6) is 0 Å². The van der Waals surface area contributed by atoms with Gasteiger partial charge in [-0.15, -0.1) is 0 Å². The molecule has 5 nitrogen and oxygen atoms in total. The Morgan fingerprint density at radius 2 is 1.64 bits per heavy atom. The number of likely N-dealkylation sites (tertiary alicyclic amines) is 1. The third-order valence-electron chi connectivity index (χ3n) is 5.76. The molecule has 0 radical (unpaired) electrons. The lowest BCUT2D eigenvalue weighted by Gasteiger charge is -2.34. The Morgan fingerprint density at radius 3 is 2.25 bits per heavy atom. The van der Waals surface area contributed by atoms with Gasteiger partial charge in [0.15, 0.2) is 0 Å². The van der Waals surface area contributed by atoms with Gasteiger partial charge in [0, 0.05) is 64.8 Å². The molecule has 156 valence electrons. The van der Waals surface area contributed by atoms with Gasteiger partial charge < -0.3 is 15.5 Å². The highest BCUT2D eigenvalue weighted by Gasteiger charge is 2.25. The molecule has 0 aliphatic carbocycles. The second kappa shape index (κ2) is 9.86. The maximum Gasteiger partial charge on any atom is 0.223 e. The van der Waals surface area contributed by atoms with Crippen LogP contribution in [0.3, 0.4) is 0 Å². The molecule has 2 heterocycles.